The molecule has 0 aromatic heterocycles. The van der Waals surface area contributed by atoms with E-state index in [1.807, 2.05) is 48.5 Å². The number of carbonyl (C=O) groups is 2. The van der Waals surface area contributed by atoms with E-state index in [4.69, 9.17) is 4.74 Å². The van der Waals surface area contributed by atoms with Gasteiger partial charge in [-0.2, -0.15) is 0 Å². The van der Waals surface area contributed by atoms with Crippen LogP contribution in [0.5, 0.6) is 5.75 Å². The van der Waals surface area contributed by atoms with Crippen LogP contribution >= 0.6 is 0 Å². The number of hydrogen-bond acceptors (Lipinski definition) is 3. The van der Waals surface area contributed by atoms with Crippen molar-refractivity contribution in [3.8, 4) is 5.75 Å². The van der Waals surface area contributed by atoms with Gasteiger partial charge >= 0.3 is 0 Å². The highest BCUT2D eigenvalue weighted by molar-refractivity contribution is 6.02. The van der Waals surface area contributed by atoms with Gasteiger partial charge in [0.05, 0.1) is 7.11 Å². The minimum atomic E-state index is -0.495. The molecule has 0 spiro atoms. The Kier molecular flexibility index (Phi) is 4.51. The van der Waals surface area contributed by atoms with Crippen LogP contribution in [0.2, 0.25) is 0 Å². The predicted molar refractivity (Wildman–Crippen MR) is 91.9 cm³/mol. The topological polar surface area (TPSA) is 58.6 Å². The van der Waals surface area contributed by atoms with Gasteiger partial charge in [0.25, 0.3) is 0 Å². The van der Waals surface area contributed by atoms with Crippen LogP contribution in [0.15, 0.2) is 48.5 Å². The highest BCUT2D eigenvalue weighted by atomic mass is 16.5. The summed E-state index contributed by atoms with van der Waals surface area (Å²) in [4.78, 5) is 26.2. The lowest BCUT2D eigenvalue weighted by Crippen LogP contribution is -2.47. The molecule has 0 aliphatic carbocycles. The molecule has 1 atom stereocenters. The number of hydrogen-bond donors (Lipinski definition) is 1. The number of benzene rings is 2. The van der Waals surface area contributed by atoms with Gasteiger partial charge in [-0.05, 0) is 29.3 Å². The van der Waals surface area contributed by atoms with Crippen LogP contribution in [0.25, 0.3) is 0 Å². The Hall–Kier alpha value is -2.82. The second-order valence-corrected chi connectivity index (χ2v) is 5.81. The first-order valence-corrected chi connectivity index (χ1v) is 7.88. The Labute approximate surface area is 141 Å². The highest BCUT2D eigenvalue weighted by Gasteiger charge is 2.36. The van der Waals surface area contributed by atoms with E-state index in [9.17, 15) is 9.59 Å². The van der Waals surface area contributed by atoms with Crippen LogP contribution in [0, 0.1) is 0 Å². The van der Waals surface area contributed by atoms with Gasteiger partial charge in [-0.15, -0.1) is 0 Å². The number of nitrogens with zero attached hydrogens (tertiary/aromatic N) is 1. The maximum absolute atomic E-state index is 12.6. The highest BCUT2D eigenvalue weighted by Crippen LogP contribution is 2.32. The van der Waals surface area contributed by atoms with Crippen molar-refractivity contribution in [3.05, 3.63) is 59.7 Å². The number of carbonyl (C=O) groups excluding carboxylic acids is 2. The number of nitrogens with one attached hydrogen (secondary N) is 1. The summed E-state index contributed by atoms with van der Waals surface area (Å²) < 4.78 is 5.19. The summed E-state index contributed by atoms with van der Waals surface area (Å²) in [6.07, 6.45) is 0.541. The summed E-state index contributed by atoms with van der Waals surface area (Å²) in [6, 6.07) is 14.7. The molecule has 5 nitrogen and oxygen atoms in total. The molecule has 24 heavy (non-hydrogen) atoms. The molecule has 1 N–H and O–H groups in total. The number of rotatable bonds is 4. The summed E-state index contributed by atoms with van der Waals surface area (Å²) in [6.45, 7) is 1.89. The van der Waals surface area contributed by atoms with Gasteiger partial charge in [0.2, 0.25) is 11.8 Å². The van der Waals surface area contributed by atoms with Crippen molar-refractivity contribution < 1.29 is 14.3 Å². The summed E-state index contributed by atoms with van der Waals surface area (Å²) in [5.74, 6) is 0.478. The van der Waals surface area contributed by atoms with Crippen LogP contribution < -0.4 is 15.0 Å². The Morgan fingerprint density at radius 1 is 1.21 bits per heavy atom. The third kappa shape index (κ3) is 3.11. The molecule has 1 unspecified atom stereocenters. The minimum Gasteiger partial charge on any atom is -0.497 e. The van der Waals surface area contributed by atoms with Gasteiger partial charge in [0, 0.05) is 25.6 Å². The van der Waals surface area contributed by atoms with E-state index >= 15 is 0 Å². The maximum Gasteiger partial charge on any atom is 0.243 e. The molecule has 0 bridgehead atoms. The van der Waals surface area contributed by atoms with Crippen LogP contribution in [0.3, 0.4) is 0 Å². The van der Waals surface area contributed by atoms with Gasteiger partial charge in [-0.3, -0.25) is 14.5 Å². The molecule has 0 fully saturated rings. The third-order valence-electron chi connectivity index (χ3n) is 4.22. The zero-order valence-corrected chi connectivity index (χ0v) is 13.8. The fourth-order valence-corrected chi connectivity index (χ4v) is 3.07. The smallest absolute Gasteiger partial charge is 0.243 e. The van der Waals surface area contributed by atoms with Gasteiger partial charge in [-0.25, -0.2) is 0 Å². The molecule has 1 aliphatic rings. The fraction of sp³-hybridized carbons (Fsp3) is 0.263. The van der Waals surface area contributed by atoms with E-state index in [1.54, 1.807) is 12.0 Å². The second kappa shape index (κ2) is 6.74. The molecule has 2 aromatic rings. The van der Waals surface area contributed by atoms with E-state index in [0.717, 1.165) is 22.6 Å². The van der Waals surface area contributed by atoms with Gasteiger partial charge in [-0.1, -0.05) is 30.3 Å². The number of amides is 2. The zero-order chi connectivity index (χ0) is 17.1. The molecule has 1 heterocycles. The minimum absolute atomic E-state index is 0.124. The summed E-state index contributed by atoms with van der Waals surface area (Å²) in [5, 5.41) is 2.92. The quantitative estimate of drug-likeness (QED) is 0.939. The fourth-order valence-electron chi connectivity index (χ4n) is 3.07. The van der Waals surface area contributed by atoms with Crippen LogP contribution in [0.1, 0.15) is 18.1 Å². The number of methoxy groups -OCH3 is 1. The summed E-state index contributed by atoms with van der Waals surface area (Å²) in [7, 11) is 1.61. The molecular weight excluding hydrogens is 304 g/mol. The zero-order valence-electron chi connectivity index (χ0n) is 13.8. The normalized spacial score (nSPS) is 15.8. The van der Waals surface area contributed by atoms with Crippen molar-refractivity contribution >= 4 is 17.5 Å². The lowest BCUT2D eigenvalue weighted by atomic mass is 10.1. The van der Waals surface area contributed by atoms with Gasteiger partial charge in [0.1, 0.15) is 11.8 Å². The lowest BCUT2D eigenvalue weighted by molar-refractivity contribution is -0.125. The molecule has 5 heteroatoms. The third-order valence-corrected chi connectivity index (χ3v) is 4.22. The van der Waals surface area contributed by atoms with Crippen LogP contribution in [-0.2, 0) is 22.6 Å². The molecule has 0 saturated carbocycles. The Balaban J connectivity index is 1.72. The molecule has 124 valence electrons. The monoisotopic (exact) mass is 324 g/mol. The van der Waals surface area contributed by atoms with E-state index in [-0.39, 0.29) is 11.8 Å². The van der Waals surface area contributed by atoms with Crippen molar-refractivity contribution in [1.82, 2.24) is 5.32 Å². The molecule has 2 amide bonds. The summed E-state index contributed by atoms with van der Waals surface area (Å²) >= 11 is 0. The van der Waals surface area contributed by atoms with E-state index in [1.165, 1.54) is 6.92 Å². The largest absolute Gasteiger partial charge is 0.497 e. The van der Waals surface area contributed by atoms with E-state index < -0.39 is 6.04 Å². The number of anilines is 1. The Bertz CT molecular complexity index is 773. The first-order valence-electron chi connectivity index (χ1n) is 7.88. The van der Waals surface area contributed by atoms with Crippen LogP contribution in [-0.4, -0.2) is 25.0 Å². The van der Waals surface area contributed by atoms with Crippen LogP contribution in [0.4, 0.5) is 5.69 Å². The molecule has 1 aliphatic heterocycles. The molecule has 0 saturated heterocycles. The molecule has 2 aromatic carbocycles. The number of fused-ring (bicyclic) bond motifs is 1. The van der Waals surface area contributed by atoms with Gasteiger partial charge < -0.3 is 10.1 Å². The Morgan fingerprint density at radius 2 is 2.00 bits per heavy atom. The molecule has 3 rings (SSSR count). The summed E-state index contributed by atoms with van der Waals surface area (Å²) in [5.41, 5.74) is 2.80. The van der Waals surface area contributed by atoms with Crippen molar-refractivity contribution in [2.24, 2.45) is 0 Å². The SMILES string of the molecule is COc1cccc(CNC(=O)C2Cc3ccccc3N2C(C)=O)c1. The molecule has 0 radical (unpaired) electrons. The predicted octanol–water partition coefficient (Wildman–Crippen LogP) is 2.29. The van der Waals surface area contributed by atoms with E-state index in [2.05, 4.69) is 5.32 Å². The standard InChI is InChI=1S/C19H20N2O3/c1-13(22)21-17-9-4-3-7-15(17)11-18(21)19(23)20-12-14-6-5-8-16(10-14)24-2/h3-10,18H,11-12H2,1-2H3,(H,20,23). The second-order valence-electron chi connectivity index (χ2n) is 5.81. The van der Waals surface area contributed by atoms with Crippen molar-refractivity contribution in [2.45, 2.75) is 25.9 Å². The first-order chi connectivity index (χ1) is 11.6. The van der Waals surface area contributed by atoms with Crippen molar-refractivity contribution in [1.29, 1.82) is 0 Å². The first kappa shape index (κ1) is 16.1. The molecular formula is C19H20N2O3. The average molecular weight is 324 g/mol. The van der Waals surface area contributed by atoms with E-state index in [0.29, 0.717) is 13.0 Å². The average Bonchev–Trinajstić information content (AvgIpc) is 2.99. The van der Waals surface area contributed by atoms with Crippen molar-refractivity contribution in [2.75, 3.05) is 12.0 Å². The maximum atomic E-state index is 12.6. The lowest BCUT2D eigenvalue weighted by Gasteiger charge is -2.23. The Morgan fingerprint density at radius 3 is 2.75 bits per heavy atom. The number of ether oxygens (including phenoxy) is 1. The van der Waals surface area contributed by atoms with Crippen molar-refractivity contribution in [3.63, 3.8) is 0 Å². The number of para-hydroxylation sites is 1. The van der Waals surface area contributed by atoms with Gasteiger partial charge in [0.15, 0.2) is 0 Å².